The van der Waals surface area contributed by atoms with Crippen LogP contribution in [0.5, 0.6) is 5.75 Å². The monoisotopic (exact) mass is 292 g/mol. The maximum atomic E-state index is 12.3. The number of hydrogen-bond donors (Lipinski definition) is 1. The highest BCUT2D eigenvalue weighted by atomic mass is 19.3. The van der Waals surface area contributed by atoms with E-state index in [2.05, 4.69) is 15.0 Å². The van der Waals surface area contributed by atoms with Crippen LogP contribution in [0.1, 0.15) is 24.2 Å². The van der Waals surface area contributed by atoms with Gasteiger partial charge in [0.25, 0.3) is 0 Å². The van der Waals surface area contributed by atoms with Crippen LogP contribution in [0.4, 0.5) is 8.78 Å². The van der Waals surface area contributed by atoms with Crippen molar-refractivity contribution in [1.29, 1.82) is 0 Å². The van der Waals surface area contributed by atoms with E-state index in [4.69, 9.17) is 0 Å². The summed E-state index contributed by atoms with van der Waals surface area (Å²) in [5, 5.41) is 3.34. The van der Waals surface area contributed by atoms with Crippen molar-refractivity contribution in [2.75, 3.05) is 6.54 Å². The Bertz CT molecular complexity index is 549. The van der Waals surface area contributed by atoms with Gasteiger partial charge in [-0.25, -0.2) is 0 Å². The molecule has 0 aliphatic carbocycles. The van der Waals surface area contributed by atoms with Crippen LogP contribution in [0.25, 0.3) is 0 Å². The molecule has 3 nitrogen and oxygen atoms in total. The van der Waals surface area contributed by atoms with Gasteiger partial charge in [0.05, 0.1) is 0 Å². The van der Waals surface area contributed by atoms with Crippen molar-refractivity contribution >= 4 is 0 Å². The predicted molar refractivity (Wildman–Crippen MR) is 77.4 cm³/mol. The summed E-state index contributed by atoms with van der Waals surface area (Å²) >= 11 is 0. The molecule has 5 heteroatoms. The molecule has 0 bridgehead atoms. The second kappa shape index (κ2) is 7.69. The number of hydrogen-bond acceptors (Lipinski definition) is 3. The lowest BCUT2D eigenvalue weighted by molar-refractivity contribution is -0.0499. The lowest BCUT2D eigenvalue weighted by Gasteiger charge is -2.19. The van der Waals surface area contributed by atoms with E-state index < -0.39 is 6.61 Å². The number of benzene rings is 1. The molecule has 0 amide bonds. The number of nitrogens with zero attached hydrogens (tertiary/aromatic N) is 1. The third kappa shape index (κ3) is 4.79. The average Bonchev–Trinajstić information content (AvgIpc) is 2.47. The van der Waals surface area contributed by atoms with Crippen molar-refractivity contribution in [2.24, 2.45) is 0 Å². The van der Waals surface area contributed by atoms with Gasteiger partial charge in [0.1, 0.15) is 5.75 Å². The third-order valence-electron chi connectivity index (χ3n) is 3.08. The fourth-order valence-electron chi connectivity index (χ4n) is 2.19. The first-order valence-electron chi connectivity index (χ1n) is 6.87. The zero-order chi connectivity index (χ0) is 15.1. The molecule has 2 aromatic rings. The third-order valence-corrected chi connectivity index (χ3v) is 3.08. The first-order chi connectivity index (χ1) is 10.2. The lowest BCUT2D eigenvalue weighted by Crippen LogP contribution is -2.23. The fourth-order valence-corrected chi connectivity index (χ4v) is 2.19. The van der Waals surface area contributed by atoms with Crippen LogP contribution in [0.3, 0.4) is 0 Å². The quantitative estimate of drug-likeness (QED) is 0.847. The molecule has 1 atom stereocenters. The molecule has 21 heavy (non-hydrogen) atoms. The van der Waals surface area contributed by atoms with E-state index in [1.54, 1.807) is 18.3 Å². The SMILES string of the molecule is CCNC(Cc1ccccn1)c1cccc(OC(F)F)c1. The van der Waals surface area contributed by atoms with Gasteiger partial charge in [0.2, 0.25) is 0 Å². The highest BCUT2D eigenvalue weighted by Gasteiger charge is 2.13. The standard InChI is InChI=1S/C16H18F2N2O/c1-2-19-15(11-13-7-3-4-9-20-13)12-6-5-8-14(10-12)21-16(17)18/h3-10,15-16,19H,2,11H2,1H3. The molecule has 0 radical (unpaired) electrons. The van der Waals surface area contributed by atoms with Gasteiger partial charge in [0, 0.05) is 24.4 Å². The number of ether oxygens (including phenoxy) is 1. The van der Waals surface area contributed by atoms with E-state index in [1.807, 2.05) is 31.2 Å². The maximum Gasteiger partial charge on any atom is 0.387 e. The Morgan fingerprint density at radius 3 is 2.71 bits per heavy atom. The fraction of sp³-hybridized carbons (Fsp3) is 0.312. The van der Waals surface area contributed by atoms with Crippen LogP contribution in [-0.2, 0) is 6.42 Å². The molecular formula is C16H18F2N2O. The summed E-state index contributed by atoms with van der Waals surface area (Å²) in [6.07, 6.45) is 2.43. The molecule has 1 unspecified atom stereocenters. The molecule has 0 saturated heterocycles. The highest BCUT2D eigenvalue weighted by Crippen LogP contribution is 2.23. The molecular weight excluding hydrogens is 274 g/mol. The van der Waals surface area contributed by atoms with E-state index in [1.165, 1.54) is 6.07 Å². The number of alkyl halides is 2. The molecule has 0 aliphatic heterocycles. The van der Waals surface area contributed by atoms with Crippen LogP contribution in [0, 0.1) is 0 Å². The summed E-state index contributed by atoms with van der Waals surface area (Å²) in [7, 11) is 0. The van der Waals surface area contributed by atoms with Gasteiger partial charge in [-0.15, -0.1) is 0 Å². The minimum absolute atomic E-state index is 0.00567. The number of likely N-dealkylation sites (N-methyl/N-ethyl adjacent to an activating group) is 1. The van der Waals surface area contributed by atoms with Gasteiger partial charge in [-0.05, 0) is 36.4 Å². The first kappa shape index (κ1) is 15.4. The number of pyridine rings is 1. The van der Waals surface area contributed by atoms with Crippen molar-refractivity contribution in [2.45, 2.75) is 26.0 Å². The molecule has 2 rings (SSSR count). The van der Waals surface area contributed by atoms with E-state index >= 15 is 0 Å². The maximum absolute atomic E-state index is 12.3. The Morgan fingerprint density at radius 2 is 2.05 bits per heavy atom. The smallest absolute Gasteiger partial charge is 0.387 e. The minimum atomic E-state index is -2.81. The zero-order valence-electron chi connectivity index (χ0n) is 11.8. The van der Waals surface area contributed by atoms with Crippen LogP contribution in [-0.4, -0.2) is 18.1 Å². The van der Waals surface area contributed by atoms with Crippen LogP contribution in [0.15, 0.2) is 48.7 Å². The average molecular weight is 292 g/mol. The number of halogens is 2. The highest BCUT2D eigenvalue weighted by molar-refractivity contribution is 5.31. The molecule has 1 aromatic carbocycles. The van der Waals surface area contributed by atoms with E-state index in [0.717, 1.165) is 17.8 Å². The molecule has 0 fully saturated rings. The normalized spacial score (nSPS) is 12.4. The second-order valence-electron chi connectivity index (χ2n) is 4.59. The summed E-state index contributed by atoms with van der Waals surface area (Å²) in [5.41, 5.74) is 1.85. The predicted octanol–water partition coefficient (Wildman–Crippen LogP) is 3.58. The van der Waals surface area contributed by atoms with Gasteiger partial charge in [-0.1, -0.05) is 25.1 Å². The number of aromatic nitrogens is 1. The van der Waals surface area contributed by atoms with Crippen LogP contribution < -0.4 is 10.1 Å². The van der Waals surface area contributed by atoms with E-state index in [9.17, 15) is 8.78 Å². The Labute approximate surface area is 123 Å². The van der Waals surface area contributed by atoms with Gasteiger partial charge in [-0.2, -0.15) is 8.78 Å². The largest absolute Gasteiger partial charge is 0.435 e. The van der Waals surface area contributed by atoms with Crippen molar-refractivity contribution in [3.05, 3.63) is 59.9 Å². The molecule has 0 spiro atoms. The Kier molecular flexibility index (Phi) is 5.63. The minimum Gasteiger partial charge on any atom is -0.435 e. The summed E-state index contributed by atoms with van der Waals surface area (Å²) in [6, 6.07) is 12.5. The first-order valence-corrected chi connectivity index (χ1v) is 6.87. The van der Waals surface area contributed by atoms with E-state index in [0.29, 0.717) is 6.42 Å². The molecule has 0 saturated carbocycles. The topological polar surface area (TPSA) is 34.2 Å². The van der Waals surface area contributed by atoms with Crippen molar-refractivity contribution in [1.82, 2.24) is 10.3 Å². The summed E-state index contributed by atoms with van der Waals surface area (Å²) in [6.45, 7) is -0.0313. The van der Waals surface area contributed by atoms with Gasteiger partial charge in [-0.3, -0.25) is 4.98 Å². The zero-order valence-corrected chi connectivity index (χ0v) is 11.8. The summed E-state index contributed by atoms with van der Waals surface area (Å²) in [4.78, 5) is 4.31. The number of rotatable bonds is 7. The summed E-state index contributed by atoms with van der Waals surface area (Å²) in [5.74, 6) is 0.173. The van der Waals surface area contributed by atoms with Crippen LogP contribution >= 0.6 is 0 Å². The van der Waals surface area contributed by atoms with Crippen molar-refractivity contribution in [3.63, 3.8) is 0 Å². The van der Waals surface area contributed by atoms with Crippen molar-refractivity contribution in [3.8, 4) is 5.75 Å². The Hall–Kier alpha value is -2.01. The molecule has 0 aliphatic rings. The molecule has 112 valence electrons. The Balaban J connectivity index is 2.17. The molecule has 1 aromatic heterocycles. The van der Waals surface area contributed by atoms with Crippen molar-refractivity contribution < 1.29 is 13.5 Å². The van der Waals surface area contributed by atoms with Crippen LogP contribution in [0.2, 0.25) is 0 Å². The van der Waals surface area contributed by atoms with Gasteiger partial charge >= 0.3 is 6.61 Å². The lowest BCUT2D eigenvalue weighted by atomic mass is 10.0. The number of nitrogens with one attached hydrogen (secondary N) is 1. The second-order valence-corrected chi connectivity index (χ2v) is 4.59. The van der Waals surface area contributed by atoms with E-state index in [-0.39, 0.29) is 11.8 Å². The van der Waals surface area contributed by atoms with Gasteiger partial charge in [0.15, 0.2) is 0 Å². The molecule has 1 heterocycles. The molecule has 1 N–H and O–H groups in total. The summed E-state index contributed by atoms with van der Waals surface area (Å²) < 4.78 is 29.1. The van der Waals surface area contributed by atoms with Gasteiger partial charge < -0.3 is 10.1 Å². The Morgan fingerprint density at radius 1 is 1.19 bits per heavy atom.